The van der Waals surface area contributed by atoms with E-state index in [1.807, 2.05) is 36.5 Å². The molecule has 2 aromatic heterocycles. The second kappa shape index (κ2) is 3.95. The van der Waals surface area contributed by atoms with Gasteiger partial charge in [-0.1, -0.05) is 23.4 Å². The molecule has 2 heterocycles. The standard InChI is InChI=1S/C12H11N5/c13-6-10-8-17(16-15-10)11-5-9-3-1-2-4-12(9)14-7-11/h1-5,7-8H,6,13H2. The Bertz CT molecular complexity index is 659. The monoisotopic (exact) mass is 225 g/mol. The predicted octanol–water partition coefficient (Wildman–Crippen LogP) is 1.27. The molecule has 0 saturated heterocycles. The van der Waals surface area contributed by atoms with Crippen molar-refractivity contribution in [1.29, 1.82) is 0 Å². The number of para-hydroxylation sites is 1. The van der Waals surface area contributed by atoms with Crippen molar-refractivity contribution in [1.82, 2.24) is 20.0 Å². The third-order valence-corrected chi connectivity index (χ3v) is 2.59. The number of nitrogens with zero attached hydrogens (tertiary/aromatic N) is 4. The van der Waals surface area contributed by atoms with E-state index in [0.717, 1.165) is 22.3 Å². The summed E-state index contributed by atoms with van der Waals surface area (Å²) in [5.74, 6) is 0. The summed E-state index contributed by atoms with van der Waals surface area (Å²) >= 11 is 0. The second-order valence-corrected chi connectivity index (χ2v) is 3.74. The fourth-order valence-electron chi connectivity index (χ4n) is 1.70. The van der Waals surface area contributed by atoms with E-state index < -0.39 is 0 Å². The minimum absolute atomic E-state index is 0.390. The number of fused-ring (bicyclic) bond motifs is 1. The molecule has 0 fully saturated rings. The summed E-state index contributed by atoms with van der Waals surface area (Å²) in [6.45, 7) is 0.390. The van der Waals surface area contributed by atoms with Crippen molar-refractivity contribution in [2.24, 2.45) is 5.73 Å². The lowest BCUT2D eigenvalue weighted by atomic mass is 10.2. The summed E-state index contributed by atoms with van der Waals surface area (Å²) in [5.41, 5.74) is 8.12. The fourth-order valence-corrected chi connectivity index (χ4v) is 1.70. The van der Waals surface area contributed by atoms with Crippen molar-refractivity contribution >= 4 is 10.9 Å². The maximum Gasteiger partial charge on any atom is 0.0967 e. The van der Waals surface area contributed by atoms with Gasteiger partial charge in [-0.25, -0.2) is 4.68 Å². The number of pyridine rings is 1. The van der Waals surface area contributed by atoms with E-state index in [0.29, 0.717) is 6.54 Å². The highest BCUT2D eigenvalue weighted by molar-refractivity contribution is 5.79. The van der Waals surface area contributed by atoms with E-state index in [1.165, 1.54) is 0 Å². The van der Waals surface area contributed by atoms with Crippen molar-refractivity contribution in [3.05, 3.63) is 48.4 Å². The van der Waals surface area contributed by atoms with Gasteiger partial charge in [0.05, 0.1) is 29.3 Å². The molecule has 2 N–H and O–H groups in total. The maximum atomic E-state index is 5.50. The SMILES string of the molecule is NCc1cn(-c2cnc3ccccc3c2)nn1. The Labute approximate surface area is 97.9 Å². The van der Waals surface area contributed by atoms with Gasteiger partial charge in [0.2, 0.25) is 0 Å². The van der Waals surface area contributed by atoms with E-state index in [-0.39, 0.29) is 0 Å². The molecule has 5 nitrogen and oxygen atoms in total. The first-order chi connectivity index (χ1) is 8.36. The molecule has 0 aliphatic carbocycles. The average molecular weight is 225 g/mol. The Hall–Kier alpha value is -2.27. The highest BCUT2D eigenvalue weighted by atomic mass is 15.4. The van der Waals surface area contributed by atoms with E-state index in [9.17, 15) is 0 Å². The van der Waals surface area contributed by atoms with Gasteiger partial charge in [-0.05, 0) is 12.1 Å². The van der Waals surface area contributed by atoms with Crippen LogP contribution in [0.3, 0.4) is 0 Å². The van der Waals surface area contributed by atoms with Crippen LogP contribution in [0.1, 0.15) is 5.69 Å². The molecular formula is C12H11N5. The van der Waals surface area contributed by atoms with Crippen LogP contribution in [-0.2, 0) is 6.54 Å². The zero-order valence-corrected chi connectivity index (χ0v) is 9.11. The number of aromatic nitrogens is 4. The molecule has 0 aliphatic heterocycles. The number of rotatable bonds is 2. The van der Waals surface area contributed by atoms with Gasteiger partial charge in [0.1, 0.15) is 0 Å². The van der Waals surface area contributed by atoms with Gasteiger partial charge in [0.25, 0.3) is 0 Å². The fraction of sp³-hybridized carbons (Fsp3) is 0.0833. The quantitative estimate of drug-likeness (QED) is 0.713. The summed E-state index contributed by atoms with van der Waals surface area (Å²) in [4.78, 5) is 4.37. The molecule has 3 aromatic rings. The summed E-state index contributed by atoms with van der Waals surface area (Å²) < 4.78 is 1.68. The minimum Gasteiger partial charge on any atom is -0.325 e. The van der Waals surface area contributed by atoms with Crippen LogP contribution in [0.15, 0.2) is 42.7 Å². The molecule has 0 radical (unpaired) electrons. The summed E-state index contributed by atoms with van der Waals surface area (Å²) in [6.07, 6.45) is 3.59. The van der Waals surface area contributed by atoms with Crippen molar-refractivity contribution in [2.75, 3.05) is 0 Å². The molecule has 0 unspecified atom stereocenters. The van der Waals surface area contributed by atoms with Crippen molar-refractivity contribution in [3.63, 3.8) is 0 Å². The third-order valence-electron chi connectivity index (χ3n) is 2.59. The summed E-state index contributed by atoms with van der Waals surface area (Å²) in [6, 6.07) is 9.98. The summed E-state index contributed by atoms with van der Waals surface area (Å²) in [5, 5.41) is 9.04. The van der Waals surface area contributed by atoms with Crippen molar-refractivity contribution in [2.45, 2.75) is 6.54 Å². The van der Waals surface area contributed by atoms with Gasteiger partial charge in [-0.2, -0.15) is 0 Å². The molecular weight excluding hydrogens is 214 g/mol. The Morgan fingerprint density at radius 1 is 1.24 bits per heavy atom. The van der Waals surface area contributed by atoms with Crippen LogP contribution in [0.2, 0.25) is 0 Å². The summed E-state index contributed by atoms with van der Waals surface area (Å²) in [7, 11) is 0. The highest BCUT2D eigenvalue weighted by Gasteiger charge is 2.02. The largest absolute Gasteiger partial charge is 0.325 e. The van der Waals surface area contributed by atoms with Gasteiger partial charge in [-0.3, -0.25) is 4.98 Å². The highest BCUT2D eigenvalue weighted by Crippen LogP contribution is 2.15. The maximum absolute atomic E-state index is 5.50. The van der Waals surface area contributed by atoms with Crippen LogP contribution in [-0.4, -0.2) is 20.0 Å². The number of nitrogens with two attached hydrogens (primary N) is 1. The number of hydrogen-bond donors (Lipinski definition) is 1. The smallest absolute Gasteiger partial charge is 0.0967 e. The zero-order chi connectivity index (χ0) is 11.7. The van der Waals surface area contributed by atoms with Crippen molar-refractivity contribution in [3.8, 4) is 5.69 Å². The van der Waals surface area contributed by atoms with E-state index in [2.05, 4.69) is 15.3 Å². The van der Waals surface area contributed by atoms with Crippen molar-refractivity contribution < 1.29 is 0 Å². The Morgan fingerprint density at radius 3 is 2.94 bits per heavy atom. The van der Waals surface area contributed by atoms with E-state index >= 15 is 0 Å². The molecule has 0 bridgehead atoms. The van der Waals surface area contributed by atoms with Gasteiger partial charge < -0.3 is 5.73 Å². The van der Waals surface area contributed by atoms with Crippen LogP contribution >= 0.6 is 0 Å². The molecule has 0 spiro atoms. The lowest BCUT2D eigenvalue weighted by Gasteiger charge is -2.01. The molecule has 1 aromatic carbocycles. The second-order valence-electron chi connectivity index (χ2n) is 3.74. The van der Waals surface area contributed by atoms with Gasteiger partial charge in [0, 0.05) is 11.9 Å². The molecule has 3 rings (SSSR count). The molecule has 0 aliphatic rings. The van der Waals surface area contributed by atoms with Gasteiger partial charge >= 0.3 is 0 Å². The molecule has 0 atom stereocenters. The molecule has 84 valence electrons. The van der Waals surface area contributed by atoms with Gasteiger partial charge in [-0.15, -0.1) is 5.10 Å². The molecule has 17 heavy (non-hydrogen) atoms. The number of benzene rings is 1. The van der Waals surface area contributed by atoms with Crippen LogP contribution < -0.4 is 5.73 Å². The Morgan fingerprint density at radius 2 is 2.12 bits per heavy atom. The van der Waals surface area contributed by atoms with Gasteiger partial charge in [0.15, 0.2) is 0 Å². The van der Waals surface area contributed by atoms with E-state index in [4.69, 9.17) is 5.73 Å². The predicted molar refractivity (Wildman–Crippen MR) is 64.6 cm³/mol. The average Bonchev–Trinajstić information content (AvgIpc) is 2.87. The Kier molecular flexibility index (Phi) is 2.31. The molecule has 0 saturated carbocycles. The minimum atomic E-state index is 0.390. The number of hydrogen-bond acceptors (Lipinski definition) is 4. The topological polar surface area (TPSA) is 69.6 Å². The van der Waals surface area contributed by atoms with Crippen LogP contribution in [0.5, 0.6) is 0 Å². The first kappa shape index (κ1) is 9.92. The van der Waals surface area contributed by atoms with Crippen LogP contribution in [0.25, 0.3) is 16.6 Å². The zero-order valence-electron chi connectivity index (χ0n) is 9.11. The normalized spacial score (nSPS) is 10.9. The van der Waals surface area contributed by atoms with Crippen LogP contribution in [0.4, 0.5) is 0 Å². The molecule has 0 amide bonds. The van der Waals surface area contributed by atoms with E-state index in [1.54, 1.807) is 10.9 Å². The molecule has 5 heteroatoms. The lowest BCUT2D eigenvalue weighted by Crippen LogP contribution is -1.96. The van der Waals surface area contributed by atoms with Crippen LogP contribution in [0, 0.1) is 0 Å². The lowest BCUT2D eigenvalue weighted by molar-refractivity contribution is 0.795. The first-order valence-corrected chi connectivity index (χ1v) is 5.33. The Balaban J connectivity index is 2.11. The third kappa shape index (κ3) is 1.76. The first-order valence-electron chi connectivity index (χ1n) is 5.33.